The molecule has 2 aromatic carbocycles. The Kier molecular flexibility index (Phi) is 8.76. The summed E-state index contributed by atoms with van der Waals surface area (Å²) in [6.07, 6.45) is 1.21. The van der Waals surface area contributed by atoms with Crippen LogP contribution in [0.4, 0.5) is 10.1 Å². The standard InChI is InChI=1S/C24H32ClFN2O4S/c1-8-22(28(33(7,30)31)17-9-10-21(26)20(25)12-17)24(29)27-16(5)19-13-18(14(2)3)23(32-6)11-15(19)4/h9-14,16,22H,8H2,1-7H3,(H,27,29)/t16-,22-/m1/s1. The first-order valence-corrected chi connectivity index (χ1v) is 13.0. The van der Waals surface area contributed by atoms with Crippen LogP contribution in [0, 0.1) is 12.7 Å². The molecule has 0 saturated carbocycles. The normalized spacial score (nSPS) is 13.5. The Morgan fingerprint density at radius 2 is 1.82 bits per heavy atom. The minimum Gasteiger partial charge on any atom is -0.496 e. The Balaban J connectivity index is 2.41. The van der Waals surface area contributed by atoms with Gasteiger partial charge in [-0.05, 0) is 73.2 Å². The van der Waals surface area contributed by atoms with Gasteiger partial charge in [0.05, 0.1) is 30.1 Å². The van der Waals surface area contributed by atoms with E-state index in [4.69, 9.17) is 16.3 Å². The number of anilines is 1. The molecule has 0 bridgehead atoms. The van der Waals surface area contributed by atoms with Gasteiger partial charge in [-0.3, -0.25) is 9.10 Å². The highest BCUT2D eigenvalue weighted by Gasteiger charge is 2.33. The van der Waals surface area contributed by atoms with Crippen molar-refractivity contribution < 1.29 is 22.3 Å². The molecule has 1 amide bonds. The van der Waals surface area contributed by atoms with E-state index < -0.39 is 27.8 Å². The number of aryl methyl sites for hydroxylation is 1. The Labute approximate surface area is 201 Å². The number of halogens is 2. The predicted octanol–water partition coefficient (Wildman–Crippen LogP) is 5.34. The van der Waals surface area contributed by atoms with Crippen LogP contribution in [0.2, 0.25) is 5.02 Å². The number of sulfonamides is 1. The van der Waals surface area contributed by atoms with E-state index in [1.54, 1.807) is 14.0 Å². The second-order valence-corrected chi connectivity index (χ2v) is 10.7. The van der Waals surface area contributed by atoms with E-state index in [0.717, 1.165) is 39.1 Å². The van der Waals surface area contributed by atoms with Gasteiger partial charge < -0.3 is 10.1 Å². The molecule has 2 rings (SSSR count). The summed E-state index contributed by atoms with van der Waals surface area (Å²) in [5.74, 6) is -0.129. The molecule has 0 saturated heterocycles. The zero-order chi connectivity index (χ0) is 25.1. The van der Waals surface area contributed by atoms with E-state index in [1.807, 2.05) is 26.0 Å². The number of rotatable bonds is 9. The van der Waals surface area contributed by atoms with Crippen LogP contribution in [0.3, 0.4) is 0 Å². The minimum absolute atomic E-state index is 0.126. The molecule has 0 radical (unpaired) electrons. The summed E-state index contributed by atoms with van der Waals surface area (Å²) < 4.78 is 45.4. The smallest absolute Gasteiger partial charge is 0.244 e. The summed E-state index contributed by atoms with van der Waals surface area (Å²) in [6, 6.07) is 6.12. The van der Waals surface area contributed by atoms with Gasteiger partial charge in [-0.1, -0.05) is 32.4 Å². The third-order valence-electron chi connectivity index (χ3n) is 5.55. The summed E-state index contributed by atoms with van der Waals surface area (Å²) in [4.78, 5) is 13.3. The Morgan fingerprint density at radius 3 is 2.30 bits per heavy atom. The van der Waals surface area contributed by atoms with Crippen LogP contribution in [0.25, 0.3) is 0 Å². The molecule has 2 aromatic rings. The van der Waals surface area contributed by atoms with Crippen LogP contribution >= 0.6 is 11.6 Å². The predicted molar refractivity (Wildman–Crippen MR) is 131 cm³/mol. The summed E-state index contributed by atoms with van der Waals surface area (Å²) in [5, 5.41) is 2.72. The third-order valence-corrected chi connectivity index (χ3v) is 7.02. The Hall–Kier alpha value is -2.32. The number of hydrogen-bond acceptors (Lipinski definition) is 4. The summed E-state index contributed by atoms with van der Waals surface area (Å²) in [6.45, 7) is 9.62. The van der Waals surface area contributed by atoms with Crippen LogP contribution in [-0.4, -0.2) is 33.7 Å². The van der Waals surface area contributed by atoms with Crippen LogP contribution in [0.1, 0.15) is 62.8 Å². The number of hydrogen-bond donors (Lipinski definition) is 1. The first-order valence-electron chi connectivity index (χ1n) is 10.7. The highest BCUT2D eigenvalue weighted by atomic mass is 35.5. The van der Waals surface area contributed by atoms with Gasteiger partial charge in [0.1, 0.15) is 17.6 Å². The summed E-state index contributed by atoms with van der Waals surface area (Å²) >= 11 is 5.87. The lowest BCUT2D eigenvalue weighted by atomic mass is 9.93. The first kappa shape index (κ1) is 26.9. The molecule has 9 heteroatoms. The van der Waals surface area contributed by atoms with E-state index in [1.165, 1.54) is 12.1 Å². The molecule has 0 aliphatic carbocycles. The van der Waals surface area contributed by atoms with E-state index in [0.29, 0.717) is 0 Å². The van der Waals surface area contributed by atoms with Crippen molar-refractivity contribution >= 4 is 33.2 Å². The largest absolute Gasteiger partial charge is 0.496 e. The van der Waals surface area contributed by atoms with E-state index in [2.05, 4.69) is 19.2 Å². The highest BCUT2D eigenvalue weighted by molar-refractivity contribution is 7.92. The fraction of sp³-hybridized carbons (Fsp3) is 0.458. The summed E-state index contributed by atoms with van der Waals surface area (Å²) in [7, 11) is -2.24. The van der Waals surface area contributed by atoms with Crippen molar-refractivity contribution in [3.8, 4) is 5.75 Å². The van der Waals surface area contributed by atoms with Crippen molar-refractivity contribution in [1.82, 2.24) is 5.32 Å². The molecule has 0 aliphatic heterocycles. The highest BCUT2D eigenvalue weighted by Crippen LogP contribution is 2.32. The molecule has 0 aliphatic rings. The average Bonchev–Trinajstić information content (AvgIpc) is 2.72. The fourth-order valence-corrected chi connectivity index (χ4v) is 5.26. The van der Waals surface area contributed by atoms with Crippen molar-refractivity contribution in [1.29, 1.82) is 0 Å². The minimum atomic E-state index is -3.86. The van der Waals surface area contributed by atoms with Gasteiger partial charge in [-0.15, -0.1) is 0 Å². The fourth-order valence-electron chi connectivity index (χ4n) is 3.88. The van der Waals surface area contributed by atoms with E-state index in [9.17, 15) is 17.6 Å². The molecule has 0 spiro atoms. The lowest BCUT2D eigenvalue weighted by Crippen LogP contribution is -2.49. The molecule has 0 heterocycles. The average molecular weight is 499 g/mol. The van der Waals surface area contributed by atoms with Crippen molar-refractivity contribution in [2.75, 3.05) is 17.7 Å². The number of nitrogens with zero attached hydrogens (tertiary/aromatic N) is 1. The second kappa shape index (κ2) is 10.7. The van der Waals surface area contributed by atoms with E-state index >= 15 is 0 Å². The molecule has 33 heavy (non-hydrogen) atoms. The number of carbonyl (C=O) groups excluding carboxylic acids is 1. The zero-order valence-corrected chi connectivity index (χ0v) is 21.6. The van der Waals surface area contributed by atoms with Crippen molar-refractivity contribution in [2.45, 2.75) is 59.0 Å². The van der Waals surface area contributed by atoms with Gasteiger partial charge in [0.25, 0.3) is 0 Å². The number of benzene rings is 2. The van der Waals surface area contributed by atoms with Gasteiger partial charge in [0.15, 0.2) is 0 Å². The number of amides is 1. The van der Waals surface area contributed by atoms with Crippen molar-refractivity contribution in [3.63, 3.8) is 0 Å². The maximum absolute atomic E-state index is 13.7. The van der Waals surface area contributed by atoms with Crippen molar-refractivity contribution in [2.24, 2.45) is 0 Å². The number of ether oxygens (including phenoxy) is 1. The van der Waals surface area contributed by atoms with Crippen molar-refractivity contribution in [3.05, 3.63) is 57.9 Å². The van der Waals surface area contributed by atoms with Crippen LogP contribution < -0.4 is 14.4 Å². The number of carbonyl (C=O) groups is 1. The molecule has 0 fully saturated rings. The number of nitrogens with one attached hydrogen (secondary N) is 1. The molecular weight excluding hydrogens is 467 g/mol. The molecule has 6 nitrogen and oxygen atoms in total. The van der Waals surface area contributed by atoms with Crippen LogP contribution in [-0.2, 0) is 14.8 Å². The SMILES string of the molecule is CC[C@H](C(=O)N[C@H](C)c1cc(C(C)C)c(OC)cc1C)N(c1ccc(F)c(Cl)c1)S(C)(=O)=O. The van der Waals surface area contributed by atoms with Crippen LogP contribution in [0.5, 0.6) is 5.75 Å². The molecule has 0 unspecified atom stereocenters. The maximum atomic E-state index is 13.7. The van der Waals surface area contributed by atoms with Crippen LogP contribution in [0.15, 0.2) is 30.3 Å². The summed E-state index contributed by atoms with van der Waals surface area (Å²) in [5.41, 5.74) is 3.01. The topological polar surface area (TPSA) is 75.7 Å². The molecular formula is C24H32ClFN2O4S. The zero-order valence-electron chi connectivity index (χ0n) is 20.1. The molecule has 2 atom stereocenters. The van der Waals surface area contributed by atoms with Gasteiger partial charge in [-0.2, -0.15) is 0 Å². The Morgan fingerprint density at radius 1 is 1.18 bits per heavy atom. The van der Waals surface area contributed by atoms with Gasteiger partial charge in [0, 0.05) is 0 Å². The lowest BCUT2D eigenvalue weighted by molar-refractivity contribution is -0.122. The quantitative estimate of drug-likeness (QED) is 0.506. The Bertz CT molecular complexity index is 1120. The van der Waals surface area contributed by atoms with E-state index in [-0.39, 0.29) is 29.1 Å². The monoisotopic (exact) mass is 498 g/mol. The number of methoxy groups -OCH3 is 1. The first-order chi connectivity index (χ1) is 15.3. The molecule has 0 aromatic heterocycles. The molecule has 182 valence electrons. The third kappa shape index (κ3) is 6.18. The lowest BCUT2D eigenvalue weighted by Gasteiger charge is -2.31. The van der Waals surface area contributed by atoms with Gasteiger partial charge in [0.2, 0.25) is 15.9 Å². The maximum Gasteiger partial charge on any atom is 0.244 e. The van der Waals surface area contributed by atoms with Gasteiger partial charge in [-0.25, -0.2) is 12.8 Å². The second-order valence-electron chi connectivity index (χ2n) is 8.42. The molecule has 1 N–H and O–H groups in total. The van der Waals surface area contributed by atoms with Gasteiger partial charge >= 0.3 is 0 Å².